The Morgan fingerprint density at radius 3 is 2.53 bits per heavy atom. The van der Waals surface area contributed by atoms with Gasteiger partial charge in [0.2, 0.25) is 0 Å². The Bertz CT molecular complexity index is 499. The third kappa shape index (κ3) is 2.86. The van der Waals surface area contributed by atoms with E-state index in [0.717, 1.165) is 11.1 Å². The molecule has 2 amide bonds. The number of carboxylic acids is 1. The minimum Gasteiger partial charge on any atom is -0.480 e. The Morgan fingerprint density at radius 2 is 1.95 bits per heavy atom. The zero-order chi connectivity index (χ0) is 14.0. The fraction of sp³-hybridized carbons (Fsp3) is 0.429. The van der Waals surface area contributed by atoms with Crippen molar-refractivity contribution in [2.24, 2.45) is 0 Å². The first kappa shape index (κ1) is 13.4. The second-order valence-corrected chi connectivity index (χ2v) is 5.06. The zero-order valence-electron chi connectivity index (χ0n) is 11.1. The van der Waals surface area contributed by atoms with Gasteiger partial charge in [0.15, 0.2) is 0 Å². The van der Waals surface area contributed by atoms with Gasteiger partial charge in [-0.05, 0) is 25.0 Å². The molecule has 0 unspecified atom stereocenters. The predicted octanol–water partition coefficient (Wildman–Crippen LogP) is 1.62. The molecule has 0 aromatic heterocycles. The fourth-order valence-electron chi connectivity index (χ4n) is 2.29. The van der Waals surface area contributed by atoms with Crippen molar-refractivity contribution in [2.75, 3.05) is 0 Å². The molecule has 0 fully saturated rings. The third-order valence-electron chi connectivity index (χ3n) is 3.21. The summed E-state index contributed by atoms with van der Waals surface area (Å²) in [5.41, 5.74) is 2.02. The Hall–Kier alpha value is -2.04. The minimum atomic E-state index is -0.964. The van der Waals surface area contributed by atoms with Crippen LogP contribution in [0.15, 0.2) is 24.3 Å². The molecular weight excluding hydrogens is 244 g/mol. The predicted molar refractivity (Wildman–Crippen MR) is 70.8 cm³/mol. The molecule has 0 saturated heterocycles. The van der Waals surface area contributed by atoms with E-state index in [1.807, 2.05) is 38.1 Å². The van der Waals surface area contributed by atoms with E-state index in [0.29, 0.717) is 13.0 Å². The SMILES string of the molecule is CC(C)NC(=O)N1Cc2ccccc2C[C@H]1C(=O)O. The molecule has 1 aromatic carbocycles. The Balaban J connectivity index is 2.26. The molecule has 0 saturated carbocycles. The first-order valence-electron chi connectivity index (χ1n) is 6.35. The topological polar surface area (TPSA) is 69.6 Å². The lowest BCUT2D eigenvalue weighted by atomic mass is 9.94. The van der Waals surface area contributed by atoms with E-state index in [4.69, 9.17) is 0 Å². The van der Waals surface area contributed by atoms with E-state index < -0.39 is 12.0 Å². The number of fused-ring (bicyclic) bond motifs is 1. The van der Waals surface area contributed by atoms with Gasteiger partial charge in [-0.2, -0.15) is 0 Å². The van der Waals surface area contributed by atoms with Crippen LogP contribution in [0.5, 0.6) is 0 Å². The van der Waals surface area contributed by atoms with Crippen molar-refractivity contribution in [3.63, 3.8) is 0 Å². The summed E-state index contributed by atoms with van der Waals surface area (Å²) in [4.78, 5) is 24.8. The molecule has 1 aliphatic heterocycles. The van der Waals surface area contributed by atoms with Gasteiger partial charge in [-0.25, -0.2) is 9.59 Å². The summed E-state index contributed by atoms with van der Waals surface area (Å²) in [5.74, 6) is -0.964. The molecule has 2 rings (SSSR count). The summed E-state index contributed by atoms with van der Waals surface area (Å²) < 4.78 is 0. The van der Waals surface area contributed by atoms with Gasteiger partial charge < -0.3 is 15.3 Å². The van der Waals surface area contributed by atoms with E-state index in [2.05, 4.69) is 5.32 Å². The van der Waals surface area contributed by atoms with E-state index in [1.165, 1.54) is 4.90 Å². The van der Waals surface area contributed by atoms with Crippen LogP contribution in [-0.4, -0.2) is 34.1 Å². The van der Waals surface area contributed by atoms with Crippen LogP contribution < -0.4 is 5.32 Å². The number of carbonyl (C=O) groups is 2. The molecule has 5 heteroatoms. The maximum atomic E-state index is 12.1. The highest BCUT2D eigenvalue weighted by atomic mass is 16.4. The first-order chi connectivity index (χ1) is 8.99. The van der Waals surface area contributed by atoms with Crippen LogP contribution >= 0.6 is 0 Å². The smallest absolute Gasteiger partial charge is 0.326 e. The van der Waals surface area contributed by atoms with Crippen LogP contribution in [0.4, 0.5) is 4.79 Å². The van der Waals surface area contributed by atoms with E-state index >= 15 is 0 Å². The highest BCUT2D eigenvalue weighted by Gasteiger charge is 2.34. The summed E-state index contributed by atoms with van der Waals surface area (Å²) in [6, 6.07) is 6.51. The number of hydrogen-bond acceptors (Lipinski definition) is 2. The molecule has 19 heavy (non-hydrogen) atoms. The number of carboxylic acid groups (broad SMARTS) is 1. The maximum absolute atomic E-state index is 12.1. The van der Waals surface area contributed by atoms with Crippen molar-refractivity contribution in [1.82, 2.24) is 10.2 Å². The van der Waals surface area contributed by atoms with Gasteiger partial charge >= 0.3 is 12.0 Å². The molecule has 102 valence electrons. The van der Waals surface area contributed by atoms with Gasteiger partial charge in [-0.1, -0.05) is 24.3 Å². The lowest BCUT2D eigenvalue weighted by Gasteiger charge is -2.34. The Labute approximate surface area is 112 Å². The van der Waals surface area contributed by atoms with Crippen LogP contribution in [0, 0.1) is 0 Å². The zero-order valence-corrected chi connectivity index (χ0v) is 11.1. The summed E-state index contributed by atoms with van der Waals surface area (Å²) >= 11 is 0. The van der Waals surface area contributed by atoms with E-state index in [1.54, 1.807) is 0 Å². The molecule has 0 spiro atoms. The Morgan fingerprint density at radius 1 is 1.32 bits per heavy atom. The van der Waals surface area contributed by atoms with Crippen LogP contribution in [0.25, 0.3) is 0 Å². The molecule has 1 aromatic rings. The summed E-state index contributed by atoms with van der Waals surface area (Å²) in [5, 5.41) is 12.0. The first-order valence-corrected chi connectivity index (χ1v) is 6.35. The van der Waals surface area contributed by atoms with Gasteiger partial charge in [-0.3, -0.25) is 0 Å². The lowest BCUT2D eigenvalue weighted by molar-refractivity contribution is -0.142. The van der Waals surface area contributed by atoms with Gasteiger partial charge in [0, 0.05) is 19.0 Å². The number of hydrogen-bond donors (Lipinski definition) is 2. The molecular formula is C14H18N2O3. The lowest BCUT2D eigenvalue weighted by Crippen LogP contribution is -2.53. The van der Waals surface area contributed by atoms with Crippen LogP contribution in [0.1, 0.15) is 25.0 Å². The fourth-order valence-corrected chi connectivity index (χ4v) is 2.29. The summed E-state index contributed by atoms with van der Waals surface area (Å²) in [6.07, 6.45) is 0.358. The minimum absolute atomic E-state index is 0.0147. The average molecular weight is 262 g/mol. The molecule has 0 radical (unpaired) electrons. The van der Waals surface area contributed by atoms with Gasteiger partial charge in [0.25, 0.3) is 0 Å². The molecule has 0 aliphatic carbocycles. The third-order valence-corrected chi connectivity index (χ3v) is 3.21. The van der Waals surface area contributed by atoms with E-state index in [9.17, 15) is 14.7 Å². The normalized spacial score (nSPS) is 18.1. The average Bonchev–Trinajstić information content (AvgIpc) is 2.36. The van der Waals surface area contributed by atoms with Crippen LogP contribution in [0.3, 0.4) is 0 Å². The van der Waals surface area contributed by atoms with Crippen molar-refractivity contribution in [1.29, 1.82) is 0 Å². The number of rotatable bonds is 2. The maximum Gasteiger partial charge on any atom is 0.326 e. The highest BCUT2D eigenvalue weighted by molar-refractivity contribution is 5.83. The van der Waals surface area contributed by atoms with Crippen molar-refractivity contribution in [2.45, 2.75) is 38.9 Å². The number of aliphatic carboxylic acids is 1. The monoisotopic (exact) mass is 262 g/mol. The highest BCUT2D eigenvalue weighted by Crippen LogP contribution is 2.23. The van der Waals surface area contributed by atoms with Crippen molar-refractivity contribution in [3.05, 3.63) is 35.4 Å². The van der Waals surface area contributed by atoms with E-state index in [-0.39, 0.29) is 12.1 Å². The summed E-state index contributed by atoms with van der Waals surface area (Å²) in [6.45, 7) is 4.04. The molecule has 1 heterocycles. The van der Waals surface area contributed by atoms with Crippen LogP contribution in [-0.2, 0) is 17.8 Å². The number of nitrogens with zero attached hydrogens (tertiary/aromatic N) is 1. The number of carbonyl (C=O) groups excluding carboxylic acids is 1. The van der Waals surface area contributed by atoms with Crippen molar-refractivity contribution >= 4 is 12.0 Å². The van der Waals surface area contributed by atoms with Crippen LogP contribution in [0.2, 0.25) is 0 Å². The quantitative estimate of drug-likeness (QED) is 0.850. The second-order valence-electron chi connectivity index (χ2n) is 5.06. The number of nitrogens with one attached hydrogen (secondary N) is 1. The second kappa shape index (κ2) is 5.30. The summed E-state index contributed by atoms with van der Waals surface area (Å²) in [7, 11) is 0. The Kier molecular flexibility index (Phi) is 3.74. The van der Waals surface area contributed by atoms with Gasteiger partial charge in [-0.15, -0.1) is 0 Å². The molecule has 2 N–H and O–H groups in total. The molecule has 0 bridgehead atoms. The van der Waals surface area contributed by atoms with Gasteiger partial charge in [0.05, 0.1) is 0 Å². The molecule has 1 atom stereocenters. The van der Waals surface area contributed by atoms with Crippen molar-refractivity contribution < 1.29 is 14.7 Å². The molecule has 1 aliphatic rings. The van der Waals surface area contributed by atoms with Crippen molar-refractivity contribution in [3.8, 4) is 0 Å². The number of benzene rings is 1. The molecule has 5 nitrogen and oxygen atoms in total. The van der Waals surface area contributed by atoms with Gasteiger partial charge in [0.1, 0.15) is 6.04 Å². The largest absolute Gasteiger partial charge is 0.480 e. The number of urea groups is 1. The number of amides is 2. The standard InChI is InChI=1S/C14H18N2O3/c1-9(2)15-14(19)16-8-11-6-4-3-5-10(11)7-12(16)13(17)18/h3-6,9,12H,7-8H2,1-2H3,(H,15,19)(H,17,18)/t12-/m0/s1.